The number of halogens is 1. The smallest absolute Gasteiger partial charge is 0.322 e. The van der Waals surface area contributed by atoms with Gasteiger partial charge in [0.2, 0.25) is 0 Å². The molecular weight excluding hydrogens is 296 g/mol. The van der Waals surface area contributed by atoms with Crippen molar-refractivity contribution < 1.29 is 9.53 Å². The minimum Gasteiger partial charge on any atom is -0.378 e. The fourth-order valence-corrected chi connectivity index (χ4v) is 2.75. The topological polar surface area (TPSA) is 41.6 Å². The van der Waals surface area contributed by atoms with E-state index >= 15 is 0 Å². The van der Waals surface area contributed by atoms with E-state index in [9.17, 15) is 4.79 Å². The summed E-state index contributed by atoms with van der Waals surface area (Å²) in [6.07, 6.45) is 0. The van der Waals surface area contributed by atoms with E-state index in [-0.39, 0.29) is 6.03 Å². The summed E-state index contributed by atoms with van der Waals surface area (Å²) in [4.78, 5) is 13.9. The maximum Gasteiger partial charge on any atom is 0.322 e. The highest BCUT2D eigenvalue weighted by Gasteiger charge is 2.18. The van der Waals surface area contributed by atoms with Crippen LogP contribution in [0.25, 0.3) is 0 Å². The molecule has 1 aromatic rings. The normalized spacial score (nSPS) is 15.6. The van der Waals surface area contributed by atoms with Crippen LogP contribution in [0, 0.1) is 13.8 Å². The standard InChI is InChI=1S/C13H17BrN2O2/c1-9-7-11(14)8-10(2)12(9)15-13(17)16-3-5-18-6-4-16/h7-8H,3-6H2,1-2H3,(H,15,17). The Morgan fingerprint density at radius 1 is 1.28 bits per heavy atom. The van der Waals surface area contributed by atoms with Crippen molar-refractivity contribution in [1.82, 2.24) is 4.90 Å². The van der Waals surface area contributed by atoms with Gasteiger partial charge in [0, 0.05) is 23.2 Å². The van der Waals surface area contributed by atoms with Gasteiger partial charge < -0.3 is 15.0 Å². The van der Waals surface area contributed by atoms with Crippen LogP contribution >= 0.6 is 15.9 Å². The van der Waals surface area contributed by atoms with Crippen LogP contribution in [-0.2, 0) is 4.74 Å². The van der Waals surface area contributed by atoms with Gasteiger partial charge >= 0.3 is 6.03 Å². The fourth-order valence-electron chi connectivity index (χ4n) is 2.06. The number of carbonyl (C=O) groups excluding carboxylic acids is 1. The first-order valence-electron chi connectivity index (χ1n) is 5.98. The van der Waals surface area contributed by atoms with E-state index in [0.717, 1.165) is 21.3 Å². The van der Waals surface area contributed by atoms with Gasteiger partial charge in [0.1, 0.15) is 0 Å². The number of nitrogens with zero attached hydrogens (tertiary/aromatic N) is 1. The van der Waals surface area contributed by atoms with E-state index < -0.39 is 0 Å². The predicted molar refractivity (Wildman–Crippen MR) is 75.0 cm³/mol. The molecule has 1 saturated heterocycles. The molecule has 1 N–H and O–H groups in total. The maximum atomic E-state index is 12.1. The summed E-state index contributed by atoms with van der Waals surface area (Å²) < 4.78 is 6.26. The molecule has 5 heteroatoms. The summed E-state index contributed by atoms with van der Waals surface area (Å²) in [6.45, 7) is 6.53. The van der Waals surface area contributed by atoms with E-state index in [0.29, 0.717) is 26.3 Å². The second kappa shape index (κ2) is 5.71. The highest BCUT2D eigenvalue weighted by molar-refractivity contribution is 9.10. The molecule has 18 heavy (non-hydrogen) atoms. The molecule has 0 unspecified atom stereocenters. The van der Waals surface area contributed by atoms with Gasteiger partial charge in [-0.1, -0.05) is 15.9 Å². The zero-order chi connectivity index (χ0) is 13.1. The van der Waals surface area contributed by atoms with E-state index in [1.165, 1.54) is 0 Å². The summed E-state index contributed by atoms with van der Waals surface area (Å²) in [7, 11) is 0. The minimum absolute atomic E-state index is 0.0492. The second-order valence-corrected chi connectivity index (χ2v) is 5.36. The molecule has 4 nitrogen and oxygen atoms in total. The van der Waals surface area contributed by atoms with Gasteiger partial charge in [-0.2, -0.15) is 0 Å². The van der Waals surface area contributed by atoms with E-state index in [1.807, 2.05) is 26.0 Å². The molecule has 0 saturated carbocycles. The molecule has 1 heterocycles. The molecule has 0 atom stereocenters. The Bertz CT molecular complexity index is 433. The van der Waals surface area contributed by atoms with Crippen molar-refractivity contribution in [3.63, 3.8) is 0 Å². The summed E-state index contributed by atoms with van der Waals surface area (Å²) in [5.41, 5.74) is 3.02. The zero-order valence-electron chi connectivity index (χ0n) is 10.6. The number of amides is 2. The number of benzene rings is 1. The third kappa shape index (κ3) is 3.03. The number of hydrogen-bond donors (Lipinski definition) is 1. The molecule has 1 aliphatic heterocycles. The Kier molecular flexibility index (Phi) is 4.24. The lowest BCUT2D eigenvalue weighted by molar-refractivity contribution is 0.0564. The van der Waals surface area contributed by atoms with Gasteiger partial charge in [-0.05, 0) is 37.1 Å². The molecule has 0 aliphatic carbocycles. The predicted octanol–water partition coefficient (Wildman–Crippen LogP) is 2.93. The quantitative estimate of drug-likeness (QED) is 0.866. The average Bonchev–Trinajstić information content (AvgIpc) is 2.34. The number of rotatable bonds is 1. The average molecular weight is 313 g/mol. The number of ether oxygens (including phenoxy) is 1. The van der Waals surface area contributed by atoms with Crippen LogP contribution in [0.4, 0.5) is 10.5 Å². The Morgan fingerprint density at radius 2 is 1.83 bits per heavy atom. The zero-order valence-corrected chi connectivity index (χ0v) is 12.2. The van der Waals surface area contributed by atoms with Crippen molar-refractivity contribution in [2.75, 3.05) is 31.6 Å². The number of morpholine rings is 1. The van der Waals surface area contributed by atoms with Gasteiger partial charge in [-0.25, -0.2) is 4.79 Å². The first-order chi connectivity index (χ1) is 8.58. The van der Waals surface area contributed by atoms with Gasteiger partial charge in [0.15, 0.2) is 0 Å². The summed E-state index contributed by atoms with van der Waals surface area (Å²) in [5, 5.41) is 2.99. The molecule has 98 valence electrons. The molecule has 0 bridgehead atoms. The lowest BCUT2D eigenvalue weighted by atomic mass is 10.1. The largest absolute Gasteiger partial charge is 0.378 e. The fraction of sp³-hybridized carbons (Fsp3) is 0.462. The van der Waals surface area contributed by atoms with E-state index in [2.05, 4.69) is 21.2 Å². The number of nitrogens with one attached hydrogen (secondary N) is 1. The monoisotopic (exact) mass is 312 g/mol. The van der Waals surface area contributed by atoms with E-state index in [4.69, 9.17) is 4.74 Å². The lowest BCUT2D eigenvalue weighted by Crippen LogP contribution is -2.43. The molecule has 1 fully saturated rings. The minimum atomic E-state index is -0.0492. The molecule has 0 aromatic heterocycles. The molecule has 0 radical (unpaired) electrons. The van der Waals surface area contributed by atoms with Crippen LogP contribution in [0.3, 0.4) is 0 Å². The van der Waals surface area contributed by atoms with Crippen LogP contribution in [0.1, 0.15) is 11.1 Å². The lowest BCUT2D eigenvalue weighted by Gasteiger charge is -2.27. The SMILES string of the molecule is Cc1cc(Br)cc(C)c1NC(=O)N1CCOCC1. The van der Waals surface area contributed by atoms with Crippen molar-refractivity contribution in [2.45, 2.75) is 13.8 Å². The van der Waals surface area contributed by atoms with Crippen molar-refractivity contribution >= 4 is 27.6 Å². The number of carbonyl (C=O) groups is 1. The summed E-state index contributed by atoms with van der Waals surface area (Å²) >= 11 is 3.45. The Hall–Kier alpha value is -1.07. The van der Waals surface area contributed by atoms with Gasteiger partial charge in [-0.15, -0.1) is 0 Å². The number of hydrogen-bond acceptors (Lipinski definition) is 2. The van der Waals surface area contributed by atoms with Crippen LogP contribution in [0.2, 0.25) is 0 Å². The molecule has 2 rings (SSSR count). The van der Waals surface area contributed by atoms with Gasteiger partial charge in [0.05, 0.1) is 13.2 Å². The van der Waals surface area contributed by atoms with Crippen LogP contribution in [0.5, 0.6) is 0 Å². The van der Waals surface area contributed by atoms with Crippen molar-refractivity contribution in [3.05, 3.63) is 27.7 Å². The molecule has 1 aliphatic rings. The number of urea groups is 1. The third-order valence-corrected chi connectivity index (χ3v) is 3.49. The Labute approximate surface area is 115 Å². The number of aryl methyl sites for hydroxylation is 2. The van der Waals surface area contributed by atoms with Gasteiger partial charge in [0.25, 0.3) is 0 Å². The Balaban J connectivity index is 2.11. The third-order valence-electron chi connectivity index (χ3n) is 3.03. The van der Waals surface area contributed by atoms with Crippen LogP contribution in [0.15, 0.2) is 16.6 Å². The molecule has 0 spiro atoms. The highest BCUT2D eigenvalue weighted by Crippen LogP contribution is 2.25. The summed E-state index contributed by atoms with van der Waals surface area (Å²) in [6, 6.07) is 3.95. The Morgan fingerprint density at radius 3 is 2.39 bits per heavy atom. The van der Waals surface area contributed by atoms with Gasteiger partial charge in [-0.3, -0.25) is 0 Å². The van der Waals surface area contributed by atoms with Crippen LogP contribution < -0.4 is 5.32 Å². The number of anilines is 1. The van der Waals surface area contributed by atoms with Crippen molar-refractivity contribution in [1.29, 1.82) is 0 Å². The first kappa shape index (κ1) is 13.4. The van der Waals surface area contributed by atoms with Crippen LogP contribution in [-0.4, -0.2) is 37.2 Å². The van der Waals surface area contributed by atoms with Crippen molar-refractivity contribution in [3.8, 4) is 0 Å². The highest BCUT2D eigenvalue weighted by atomic mass is 79.9. The molecule has 1 aromatic carbocycles. The molecule has 2 amide bonds. The first-order valence-corrected chi connectivity index (χ1v) is 6.77. The maximum absolute atomic E-state index is 12.1. The van der Waals surface area contributed by atoms with Crippen molar-refractivity contribution in [2.24, 2.45) is 0 Å². The molecular formula is C13H17BrN2O2. The second-order valence-electron chi connectivity index (χ2n) is 4.44. The van der Waals surface area contributed by atoms with E-state index in [1.54, 1.807) is 4.90 Å². The summed E-state index contributed by atoms with van der Waals surface area (Å²) in [5.74, 6) is 0.